The smallest absolute Gasteiger partial charge is 0.225 e. The number of amides is 1. The van der Waals surface area contributed by atoms with E-state index in [1.54, 1.807) is 5.57 Å². The number of nitrogens with zero attached hydrogens (tertiary/aromatic N) is 2. The fourth-order valence-electron chi connectivity index (χ4n) is 4.38. The molecule has 0 radical (unpaired) electrons. The van der Waals surface area contributed by atoms with Gasteiger partial charge in [0.1, 0.15) is 0 Å². The first-order valence-electron chi connectivity index (χ1n) is 10.2. The van der Waals surface area contributed by atoms with Crippen molar-refractivity contribution in [3.63, 3.8) is 0 Å². The van der Waals surface area contributed by atoms with Crippen molar-refractivity contribution in [2.24, 2.45) is 10.9 Å². The number of hydrogen-bond acceptors (Lipinski definition) is 2. The topological polar surface area (TPSA) is 56.7 Å². The van der Waals surface area contributed by atoms with Crippen LogP contribution in [0.15, 0.2) is 16.6 Å². The van der Waals surface area contributed by atoms with Crippen LogP contribution in [0.3, 0.4) is 0 Å². The molecule has 1 saturated carbocycles. The summed E-state index contributed by atoms with van der Waals surface area (Å²) in [4.78, 5) is 19.1. The van der Waals surface area contributed by atoms with Crippen molar-refractivity contribution in [1.29, 1.82) is 0 Å². The van der Waals surface area contributed by atoms with Gasteiger partial charge >= 0.3 is 0 Å². The minimum absolute atomic E-state index is 0. The van der Waals surface area contributed by atoms with Crippen LogP contribution in [-0.2, 0) is 4.79 Å². The Morgan fingerprint density at radius 3 is 2.73 bits per heavy atom. The SMILES string of the molecule is CN=C(NCCC1=CCCC1)NC1CCN(C(=O)C2CCCCC2)C1.I. The monoisotopic (exact) mass is 474 g/mol. The molecular weight excluding hydrogens is 439 g/mol. The second-order valence-electron chi connectivity index (χ2n) is 7.75. The van der Waals surface area contributed by atoms with Crippen LogP contribution in [0.5, 0.6) is 0 Å². The normalized spacial score (nSPS) is 24.2. The van der Waals surface area contributed by atoms with Crippen LogP contribution < -0.4 is 10.6 Å². The quantitative estimate of drug-likeness (QED) is 0.278. The zero-order valence-corrected chi connectivity index (χ0v) is 18.5. The summed E-state index contributed by atoms with van der Waals surface area (Å²) in [5.74, 6) is 1.54. The van der Waals surface area contributed by atoms with E-state index in [1.165, 1.54) is 38.5 Å². The first kappa shape index (κ1) is 21.5. The third-order valence-electron chi connectivity index (χ3n) is 5.89. The molecule has 3 rings (SSSR count). The molecule has 2 aliphatic carbocycles. The Morgan fingerprint density at radius 1 is 1.23 bits per heavy atom. The number of carbonyl (C=O) groups is 1. The number of allylic oxidation sites excluding steroid dienone is 1. The molecule has 0 spiro atoms. The highest BCUT2D eigenvalue weighted by Crippen LogP contribution is 2.26. The standard InChI is InChI=1S/C20H34N4O.HI/c1-21-20(22-13-11-16-7-5-6-8-16)23-18-12-14-24(15-18)19(25)17-9-3-2-4-10-17;/h7,17-18H,2-6,8-15H2,1H3,(H2,21,22,23);1H. The highest BCUT2D eigenvalue weighted by molar-refractivity contribution is 14.0. The number of aliphatic imine (C=N–C) groups is 1. The van der Waals surface area contributed by atoms with Gasteiger partial charge in [0.2, 0.25) is 5.91 Å². The largest absolute Gasteiger partial charge is 0.356 e. The number of nitrogens with one attached hydrogen (secondary N) is 2. The summed E-state index contributed by atoms with van der Waals surface area (Å²) in [7, 11) is 1.82. The molecule has 0 aromatic heterocycles. The highest BCUT2D eigenvalue weighted by atomic mass is 127. The van der Waals surface area contributed by atoms with Crippen molar-refractivity contribution in [1.82, 2.24) is 15.5 Å². The van der Waals surface area contributed by atoms with E-state index >= 15 is 0 Å². The lowest BCUT2D eigenvalue weighted by Gasteiger charge is -2.26. The van der Waals surface area contributed by atoms with Gasteiger partial charge in [-0.3, -0.25) is 9.79 Å². The second-order valence-corrected chi connectivity index (χ2v) is 7.75. The van der Waals surface area contributed by atoms with E-state index in [0.717, 1.165) is 51.3 Å². The fraction of sp³-hybridized carbons (Fsp3) is 0.800. The summed E-state index contributed by atoms with van der Waals surface area (Å²) in [5, 5.41) is 6.93. The summed E-state index contributed by atoms with van der Waals surface area (Å²) in [5.41, 5.74) is 1.58. The molecule has 2 fully saturated rings. The van der Waals surface area contributed by atoms with E-state index in [9.17, 15) is 4.79 Å². The van der Waals surface area contributed by atoms with Gasteiger partial charge in [-0.25, -0.2) is 0 Å². The first-order chi connectivity index (χ1) is 12.3. The van der Waals surface area contributed by atoms with Crippen molar-refractivity contribution in [3.8, 4) is 0 Å². The predicted molar refractivity (Wildman–Crippen MR) is 118 cm³/mol. The molecule has 0 aromatic rings. The molecule has 0 aromatic carbocycles. The van der Waals surface area contributed by atoms with Gasteiger partial charge in [-0.05, 0) is 44.9 Å². The van der Waals surface area contributed by atoms with Gasteiger partial charge in [-0.1, -0.05) is 30.9 Å². The second kappa shape index (κ2) is 11.1. The Morgan fingerprint density at radius 2 is 2.04 bits per heavy atom. The zero-order valence-electron chi connectivity index (χ0n) is 16.1. The van der Waals surface area contributed by atoms with Crippen LogP contribution in [0.4, 0.5) is 0 Å². The Labute approximate surface area is 175 Å². The average molecular weight is 474 g/mol. The number of likely N-dealkylation sites (tertiary alicyclic amines) is 1. The lowest BCUT2D eigenvalue weighted by atomic mass is 9.88. The van der Waals surface area contributed by atoms with Gasteiger partial charge in [-0.15, -0.1) is 24.0 Å². The molecule has 3 aliphatic rings. The number of rotatable bonds is 5. The first-order valence-corrected chi connectivity index (χ1v) is 10.2. The maximum absolute atomic E-state index is 12.7. The van der Waals surface area contributed by atoms with Gasteiger partial charge in [0.05, 0.1) is 0 Å². The highest BCUT2D eigenvalue weighted by Gasteiger charge is 2.31. The summed E-state index contributed by atoms with van der Waals surface area (Å²) in [6, 6.07) is 0.324. The molecule has 1 atom stereocenters. The van der Waals surface area contributed by atoms with Gasteiger partial charge in [0, 0.05) is 38.6 Å². The number of hydrogen-bond donors (Lipinski definition) is 2. The Hall–Kier alpha value is -0.790. The minimum atomic E-state index is 0. The third kappa shape index (κ3) is 6.13. The van der Waals surface area contributed by atoms with E-state index in [-0.39, 0.29) is 29.9 Å². The average Bonchev–Trinajstić information content (AvgIpc) is 3.33. The Kier molecular flexibility index (Phi) is 9.22. The fourth-order valence-corrected chi connectivity index (χ4v) is 4.38. The van der Waals surface area contributed by atoms with Crippen molar-refractivity contribution < 1.29 is 4.79 Å². The molecule has 1 amide bonds. The maximum Gasteiger partial charge on any atom is 0.225 e. The third-order valence-corrected chi connectivity index (χ3v) is 5.89. The lowest BCUT2D eigenvalue weighted by molar-refractivity contribution is -0.135. The van der Waals surface area contributed by atoms with Crippen LogP contribution in [0.25, 0.3) is 0 Å². The molecule has 0 bridgehead atoms. The van der Waals surface area contributed by atoms with Gasteiger partial charge in [0.15, 0.2) is 5.96 Å². The van der Waals surface area contributed by atoms with Crippen molar-refractivity contribution in [2.45, 2.75) is 70.3 Å². The Bertz CT molecular complexity index is 514. The molecule has 26 heavy (non-hydrogen) atoms. The molecule has 1 unspecified atom stereocenters. The lowest BCUT2D eigenvalue weighted by Crippen LogP contribution is -2.45. The summed E-state index contributed by atoms with van der Waals surface area (Å²) in [6.07, 6.45) is 14.2. The van der Waals surface area contributed by atoms with Crippen LogP contribution >= 0.6 is 24.0 Å². The predicted octanol–water partition coefficient (Wildman–Crippen LogP) is 3.45. The van der Waals surface area contributed by atoms with Gasteiger partial charge in [0.25, 0.3) is 0 Å². The minimum Gasteiger partial charge on any atom is -0.356 e. The number of halogens is 1. The van der Waals surface area contributed by atoms with Crippen LogP contribution in [-0.4, -0.2) is 49.5 Å². The maximum atomic E-state index is 12.7. The summed E-state index contributed by atoms with van der Waals surface area (Å²) < 4.78 is 0. The van der Waals surface area contributed by atoms with Gasteiger partial charge in [-0.2, -0.15) is 0 Å². The molecule has 6 heteroatoms. The van der Waals surface area contributed by atoms with Crippen molar-refractivity contribution in [3.05, 3.63) is 11.6 Å². The van der Waals surface area contributed by atoms with E-state index in [2.05, 4.69) is 26.6 Å². The van der Waals surface area contributed by atoms with Crippen LogP contribution in [0, 0.1) is 5.92 Å². The van der Waals surface area contributed by atoms with Crippen LogP contribution in [0.2, 0.25) is 0 Å². The van der Waals surface area contributed by atoms with E-state index in [4.69, 9.17) is 0 Å². The van der Waals surface area contributed by atoms with Crippen LogP contribution in [0.1, 0.15) is 64.2 Å². The van der Waals surface area contributed by atoms with Crippen molar-refractivity contribution in [2.75, 3.05) is 26.7 Å². The molecule has 1 aliphatic heterocycles. The summed E-state index contributed by atoms with van der Waals surface area (Å²) >= 11 is 0. The summed E-state index contributed by atoms with van der Waals surface area (Å²) in [6.45, 7) is 2.64. The molecule has 5 nitrogen and oxygen atoms in total. The number of carbonyl (C=O) groups excluding carboxylic acids is 1. The molecular formula is C20H35IN4O. The molecule has 1 heterocycles. The molecule has 148 valence electrons. The molecule has 1 saturated heterocycles. The van der Waals surface area contributed by atoms with E-state index in [0.29, 0.717) is 11.9 Å². The number of guanidine groups is 1. The van der Waals surface area contributed by atoms with E-state index in [1.807, 2.05) is 7.05 Å². The van der Waals surface area contributed by atoms with E-state index < -0.39 is 0 Å². The Balaban J connectivity index is 0.00000243. The van der Waals surface area contributed by atoms with Gasteiger partial charge < -0.3 is 15.5 Å². The zero-order chi connectivity index (χ0) is 17.5. The molecule has 2 N–H and O–H groups in total. The van der Waals surface area contributed by atoms with Crippen molar-refractivity contribution >= 4 is 35.8 Å².